The first-order valence-corrected chi connectivity index (χ1v) is 25.2. The third kappa shape index (κ3) is 26.7. The molecule has 1 aromatic rings. The van der Waals surface area contributed by atoms with Gasteiger partial charge in [0.05, 0.1) is 19.1 Å². The minimum Gasteiger partial charge on any atom is -0.508 e. The third-order valence-electron chi connectivity index (χ3n) is 11.4. The Bertz CT molecular complexity index is 1980. The monoisotopic (exact) mass is 1050 g/mol. The van der Waals surface area contributed by atoms with Crippen LogP contribution >= 0.6 is 0 Å². The van der Waals surface area contributed by atoms with Crippen LogP contribution in [0.2, 0.25) is 0 Å². The van der Waals surface area contributed by atoms with E-state index in [1.165, 1.54) is 34.1 Å². The van der Waals surface area contributed by atoms with E-state index in [2.05, 4.69) is 36.6 Å². The molecule has 0 aliphatic rings. The first-order valence-electron chi connectivity index (χ1n) is 25.2. The van der Waals surface area contributed by atoms with Crippen molar-refractivity contribution in [3.63, 3.8) is 0 Å². The van der Waals surface area contributed by atoms with Gasteiger partial charge in [-0.15, -0.1) is 0 Å². The predicted octanol–water partition coefficient (Wildman–Crippen LogP) is -4.78. The number of amides is 8. The fourth-order valence-corrected chi connectivity index (χ4v) is 7.45. The fraction of sp³-hybridized carbons (Fsp3) is 0.660. The summed E-state index contributed by atoms with van der Waals surface area (Å²) in [4.78, 5) is 120. The van der Waals surface area contributed by atoms with Crippen molar-refractivity contribution in [2.75, 3.05) is 58.9 Å². The van der Waals surface area contributed by atoms with E-state index < -0.39 is 103 Å². The lowest BCUT2D eigenvalue weighted by Gasteiger charge is -2.29. The average Bonchev–Trinajstić information content (AvgIpc) is 3.34. The second-order valence-corrected chi connectivity index (χ2v) is 18.4. The molecule has 27 heteroatoms. The van der Waals surface area contributed by atoms with Crippen LogP contribution in [0.15, 0.2) is 34.3 Å². The van der Waals surface area contributed by atoms with Gasteiger partial charge in [0, 0.05) is 39.1 Å². The van der Waals surface area contributed by atoms with Crippen LogP contribution in [0.5, 0.6) is 5.75 Å². The highest BCUT2D eigenvalue weighted by atomic mass is 16.3. The molecule has 0 fully saturated rings. The standard InChI is InChI=1S/C47H86N18O9/c1-4-10-33(60-41(70)34(12-8-22-58-47(55)56)59-39(68)28-65(23-6-5-19-48)44(73)32(51)11-7-21-57-46(53)54)40(69)62-36(25-30-14-16-31(66)17-15-30)42(71)63-37(26-50)43(72)61-35(18-13-29(2)3)45(74)64(24-9-20-49)27-38(52)67/h14-17,29,32-37,66H,4-13,18-28,48-51H2,1-3H3,(H2,52,67)(H,59,68)(H,60,70)(H,61,72)(H,62,69)(H,63,71)(H4,53,54,57)(H4,55,56,58)/t32-,33-,34-,35-,36-,37-/m0/s1. The predicted molar refractivity (Wildman–Crippen MR) is 282 cm³/mol. The van der Waals surface area contributed by atoms with Gasteiger partial charge in [-0.3, -0.25) is 48.3 Å². The molecule has 0 saturated carbocycles. The van der Waals surface area contributed by atoms with E-state index in [1.54, 1.807) is 6.92 Å². The van der Waals surface area contributed by atoms with E-state index in [-0.39, 0.29) is 94.8 Å². The number of aliphatic imine (C=N–C) groups is 2. The molecule has 0 unspecified atom stereocenters. The molecule has 1 rings (SSSR count). The lowest BCUT2D eigenvalue weighted by Crippen LogP contribution is -2.61. The minimum atomic E-state index is -1.42. The van der Waals surface area contributed by atoms with Gasteiger partial charge in [0.2, 0.25) is 47.3 Å². The number of primary amides is 1. The number of aromatic hydroxyl groups is 1. The Balaban J connectivity index is 3.50. The summed E-state index contributed by atoms with van der Waals surface area (Å²) in [5.74, 6) is -6.02. The number of nitrogens with zero attached hydrogens (tertiary/aromatic N) is 4. The molecule has 0 spiro atoms. The smallest absolute Gasteiger partial charge is 0.245 e. The number of rotatable bonds is 38. The maximum Gasteiger partial charge on any atom is 0.245 e. The SMILES string of the molecule is CCC[C@H](NC(=O)[C@H](CCCN=C(N)N)NC(=O)CN(CCCCN)C(=O)[C@@H](N)CCCN=C(N)N)C(=O)N[C@@H](Cc1ccc(O)cc1)C(=O)N[C@@H](CN)C(=O)N[C@@H](CCC(C)C)C(=O)N(CCCN)CC(N)=O. The third-order valence-corrected chi connectivity index (χ3v) is 11.4. The van der Waals surface area contributed by atoms with Gasteiger partial charge in [-0.05, 0) is 101 Å². The van der Waals surface area contributed by atoms with E-state index in [0.717, 1.165) is 0 Å². The van der Waals surface area contributed by atoms with Gasteiger partial charge in [0.25, 0.3) is 0 Å². The van der Waals surface area contributed by atoms with Crippen LogP contribution in [-0.2, 0) is 44.8 Å². The minimum absolute atomic E-state index is 0.00450. The van der Waals surface area contributed by atoms with Crippen molar-refractivity contribution in [1.82, 2.24) is 36.4 Å². The summed E-state index contributed by atoms with van der Waals surface area (Å²) in [6.45, 7) is 5.47. The molecule has 74 heavy (non-hydrogen) atoms. The number of nitrogens with one attached hydrogen (secondary N) is 5. The van der Waals surface area contributed by atoms with Crippen LogP contribution in [0.3, 0.4) is 0 Å². The van der Waals surface area contributed by atoms with Crippen molar-refractivity contribution in [3.05, 3.63) is 29.8 Å². The normalized spacial score (nSPS) is 13.4. The van der Waals surface area contributed by atoms with E-state index in [1.807, 2.05) is 13.8 Å². The summed E-state index contributed by atoms with van der Waals surface area (Å²) < 4.78 is 0. The first kappa shape index (κ1) is 65.2. The molecule has 0 heterocycles. The fourth-order valence-electron chi connectivity index (χ4n) is 7.45. The molecule has 0 aliphatic heterocycles. The topological polar surface area (TPSA) is 482 Å². The molecule has 0 saturated heterocycles. The maximum atomic E-state index is 14.2. The van der Waals surface area contributed by atoms with Crippen LogP contribution in [-0.4, -0.2) is 169 Å². The summed E-state index contributed by atoms with van der Waals surface area (Å²) in [6.07, 6.45) is 3.17. The molecule has 24 N–H and O–H groups in total. The number of benzene rings is 1. The van der Waals surface area contributed by atoms with Crippen molar-refractivity contribution < 1.29 is 43.5 Å². The summed E-state index contributed by atoms with van der Waals surface area (Å²) in [6, 6.07) is -1.65. The van der Waals surface area contributed by atoms with Crippen molar-refractivity contribution in [2.24, 2.45) is 67.5 Å². The van der Waals surface area contributed by atoms with Crippen LogP contribution in [0.25, 0.3) is 0 Å². The van der Waals surface area contributed by atoms with E-state index in [4.69, 9.17) is 51.6 Å². The number of phenolic OH excluding ortho intramolecular Hbond substituents is 1. The zero-order valence-electron chi connectivity index (χ0n) is 43.4. The molecule has 8 amide bonds. The van der Waals surface area contributed by atoms with Gasteiger partial charge in [-0.25, -0.2) is 0 Å². The molecular formula is C47H86N18O9. The summed E-state index contributed by atoms with van der Waals surface area (Å²) in [5, 5.41) is 23.3. The van der Waals surface area contributed by atoms with E-state index >= 15 is 0 Å². The number of phenols is 1. The van der Waals surface area contributed by atoms with Crippen molar-refractivity contribution >= 4 is 59.2 Å². The maximum absolute atomic E-state index is 14.2. The quantitative estimate of drug-likeness (QED) is 0.0168. The summed E-state index contributed by atoms with van der Waals surface area (Å²) in [5.41, 5.74) is 51.3. The number of hydrogen-bond donors (Lipinski definition) is 15. The summed E-state index contributed by atoms with van der Waals surface area (Å²) >= 11 is 0. The van der Waals surface area contributed by atoms with Crippen LogP contribution in [0, 0.1) is 5.92 Å². The highest BCUT2D eigenvalue weighted by Crippen LogP contribution is 2.14. The highest BCUT2D eigenvalue weighted by molar-refractivity contribution is 5.97. The number of carbonyl (C=O) groups excluding carboxylic acids is 8. The Hall–Kier alpha value is -6.84. The number of guanidine groups is 2. The Morgan fingerprint density at radius 2 is 1.07 bits per heavy atom. The van der Waals surface area contributed by atoms with Gasteiger partial charge in [-0.1, -0.05) is 39.3 Å². The summed E-state index contributed by atoms with van der Waals surface area (Å²) in [7, 11) is 0. The zero-order chi connectivity index (χ0) is 55.8. The van der Waals surface area contributed by atoms with Crippen molar-refractivity contribution in [3.8, 4) is 5.75 Å². The van der Waals surface area contributed by atoms with Gasteiger partial charge in [-0.2, -0.15) is 0 Å². The van der Waals surface area contributed by atoms with Crippen molar-refractivity contribution in [2.45, 2.75) is 134 Å². The molecule has 1 aromatic carbocycles. The number of unbranched alkanes of at least 4 members (excludes halogenated alkanes) is 1. The molecule has 0 bridgehead atoms. The lowest BCUT2D eigenvalue weighted by molar-refractivity contribution is -0.140. The van der Waals surface area contributed by atoms with Gasteiger partial charge in [0.1, 0.15) is 36.0 Å². The van der Waals surface area contributed by atoms with Gasteiger partial charge < -0.3 is 93.1 Å². The second-order valence-electron chi connectivity index (χ2n) is 18.4. The van der Waals surface area contributed by atoms with Gasteiger partial charge >= 0.3 is 0 Å². The van der Waals surface area contributed by atoms with Crippen LogP contribution in [0.4, 0.5) is 0 Å². The van der Waals surface area contributed by atoms with E-state index in [0.29, 0.717) is 50.6 Å². The zero-order valence-corrected chi connectivity index (χ0v) is 43.4. The molecule has 0 radical (unpaired) electrons. The average molecular weight is 1050 g/mol. The van der Waals surface area contributed by atoms with Gasteiger partial charge in [0.15, 0.2) is 11.9 Å². The molecule has 418 valence electrons. The Kier molecular flexibility index (Phi) is 31.8. The molecule has 27 nitrogen and oxygen atoms in total. The second kappa shape index (κ2) is 36.1. The highest BCUT2D eigenvalue weighted by Gasteiger charge is 2.34. The molecule has 0 aliphatic carbocycles. The number of nitrogens with two attached hydrogens (primary N) is 9. The van der Waals surface area contributed by atoms with Crippen LogP contribution in [0.1, 0.15) is 97.0 Å². The number of carbonyl (C=O) groups is 8. The number of hydrogen-bond acceptors (Lipinski definition) is 15. The Morgan fingerprint density at radius 1 is 0.568 bits per heavy atom. The van der Waals surface area contributed by atoms with Crippen LogP contribution < -0.4 is 78.2 Å². The Labute approximate surface area is 434 Å². The lowest BCUT2D eigenvalue weighted by atomic mass is 10.0. The Morgan fingerprint density at radius 3 is 1.61 bits per heavy atom. The molecule has 6 atom stereocenters. The molecule has 0 aromatic heterocycles. The molecular weight excluding hydrogens is 961 g/mol. The van der Waals surface area contributed by atoms with Crippen molar-refractivity contribution in [1.29, 1.82) is 0 Å². The van der Waals surface area contributed by atoms with E-state index in [9.17, 15) is 43.5 Å². The largest absolute Gasteiger partial charge is 0.508 e. The first-order chi connectivity index (χ1) is 35.1.